The van der Waals surface area contributed by atoms with E-state index in [1.54, 1.807) is 4.90 Å². The number of hydrogen-bond acceptors (Lipinski definition) is 5. The third-order valence-corrected chi connectivity index (χ3v) is 8.69. The first-order valence-electron chi connectivity index (χ1n) is 14.6. The first-order valence-corrected chi connectivity index (χ1v) is 14.6. The van der Waals surface area contributed by atoms with Crippen LogP contribution < -0.4 is 4.90 Å². The summed E-state index contributed by atoms with van der Waals surface area (Å²) in [5, 5.41) is 1.21. The molecule has 3 heterocycles. The van der Waals surface area contributed by atoms with Gasteiger partial charge in [-0.25, -0.2) is 9.78 Å². The average molecular weight is 546 g/mol. The predicted molar refractivity (Wildman–Crippen MR) is 154 cm³/mol. The maximum absolute atomic E-state index is 14.1. The third kappa shape index (κ3) is 5.16. The predicted octanol–water partition coefficient (Wildman–Crippen LogP) is 5.34. The van der Waals surface area contributed by atoms with Crippen molar-refractivity contribution in [2.24, 2.45) is 0 Å². The molecule has 0 radical (unpaired) electrons. The Labute approximate surface area is 235 Å². The summed E-state index contributed by atoms with van der Waals surface area (Å²) in [5.74, 6) is 0.327. The van der Waals surface area contributed by atoms with Crippen LogP contribution in [0.1, 0.15) is 61.1 Å². The molecule has 2 fully saturated rings. The van der Waals surface area contributed by atoms with E-state index in [0.29, 0.717) is 38.8 Å². The number of carbonyl (C=O) groups is 2. The summed E-state index contributed by atoms with van der Waals surface area (Å²) >= 11 is 0. The number of anilines is 1. The summed E-state index contributed by atoms with van der Waals surface area (Å²) in [7, 11) is 1.51. The van der Waals surface area contributed by atoms with Gasteiger partial charge in [0, 0.05) is 36.2 Å². The largest absolute Gasteiger partial charge is 0.380 e. The molecular formula is C32H39N3O5. The molecule has 0 unspecified atom stereocenters. The van der Waals surface area contributed by atoms with Crippen LogP contribution in [0.4, 0.5) is 5.69 Å². The Morgan fingerprint density at radius 3 is 2.70 bits per heavy atom. The second-order valence-corrected chi connectivity index (χ2v) is 11.3. The van der Waals surface area contributed by atoms with Crippen LogP contribution >= 0.6 is 0 Å². The molecule has 3 aliphatic rings. The van der Waals surface area contributed by atoms with E-state index in [0.717, 1.165) is 52.9 Å². The van der Waals surface area contributed by atoms with Crippen LogP contribution in [0.15, 0.2) is 36.4 Å². The van der Waals surface area contributed by atoms with E-state index in [2.05, 4.69) is 41.0 Å². The lowest BCUT2D eigenvalue weighted by Gasteiger charge is -2.27. The Morgan fingerprint density at radius 1 is 1.02 bits per heavy atom. The molecule has 2 aliphatic heterocycles. The van der Waals surface area contributed by atoms with Gasteiger partial charge in [-0.2, -0.15) is 0 Å². The summed E-state index contributed by atoms with van der Waals surface area (Å²) in [6.45, 7) is 5.00. The van der Waals surface area contributed by atoms with Crippen molar-refractivity contribution in [3.63, 3.8) is 0 Å². The maximum Gasteiger partial charge on any atom is 0.247 e. The molecule has 2 aromatic carbocycles. The van der Waals surface area contributed by atoms with E-state index < -0.39 is 0 Å². The smallest absolute Gasteiger partial charge is 0.247 e. The van der Waals surface area contributed by atoms with Gasteiger partial charge in [-0.3, -0.25) is 9.59 Å². The molecule has 2 amide bonds. The Hall–Kier alpha value is -3.20. The van der Waals surface area contributed by atoms with Crippen molar-refractivity contribution in [1.29, 1.82) is 0 Å². The van der Waals surface area contributed by atoms with E-state index in [4.69, 9.17) is 14.5 Å². The summed E-state index contributed by atoms with van der Waals surface area (Å²) in [5.41, 5.74) is 7.39. The number of carbonyl (C=O) groups excluding carboxylic acids is 2. The van der Waals surface area contributed by atoms with Crippen molar-refractivity contribution in [2.75, 3.05) is 44.9 Å². The van der Waals surface area contributed by atoms with Gasteiger partial charge in [-0.1, -0.05) is 43.5 Å². The molecule has 40 heavy (non-hydrogen) atoms. The molecule has 1 aromatic heterocycles. The number of fused-ring (bicyclic) bond motifs is 5. The molecule has 0 spiro atoms. The number of hydrogen-bond donors (Lipinski definition) is 0. The monoisotopic (exact) mass is 545 g/mol. The fourth-order valence-electron chi connectivity index (χ4n) is 6.72. The average Bonchev–Trinajstić information content (AvgIpc) is 3.11. The number of benzene rings is 2. The molecule has 8 heteroatoms. The van der Waals surface area contributed by atoms with Gasteiger partial charge in [-0.05, 0) is 60.9 Å². The molecule has 1 aliphatic carbocycles. The van der Waals surface area contributed by atoms with Crippen molar-refractivity contribution in [3.05, 3.63) is 53.1 Å². The minimum atomic E-state index is -0.0735. The zero-order valence-corrected chi connectivity index (χ0v) is 23.6. The molecule has 0 N–H and O–H groups in total. The van der Waals surface area contributed by atoms with Crippen molar-refractivity contribution in [3.8, 4) is 11.3 Å². The number of aryl methyl sites for hydroxylation is 1. The highest BCUT2D eigenvalue weighted by atomic mass is 17.2. The minimum Gasteiger partial charge on any atom is -0.380 e. The quantitative estimate of drug-likeness (QED) is 0.309. The van der Waals surface area contributed by atoms with Crippen molar-refractivity contribution in [1.82, 2.24) is 9.47 Å². The molecule has 8 nitrogen and oxygen atoms in total. The third-order valence-electron chi connectivity index (χ3n) is 8.69. The van der Waals surface area contributed by atoms with Crippen LogP contribution in [0.5, 0.6) is 0 Å². The number of ether oxygens (including phenoxy) is 1. The summed E-state index contributed by atoms with van der Waals surface area (Å²) < 4.78 is 7.75. The van der Waals surface area contributed by atoms with E-state index in [-0.39, 0.29) is 24.9 Å². The lowest BCUT2D eigenvalue weighted by molar-refractivity contribution is -0.282. The molecule has 1 saturated carbocycles. The highest BCUT2D eigenvalue weighted by Crippen LogP contribution is 2.47. The topological polar surface area (TPSA) is 73.2 Å². The Balaban J connectivity index is 1.49. The first-order chi connectivity index (χ1) is 19.5. The highest BCUT2D eigenvalue weighted by Gasteiger charge is 2.34. The number of aromatic nitrogens is 1. The van der Waals surface area contributed by atoms with E-state index in [1.807, 2.05) is 11.8 Å². The Bertz CT molecular complexity index is 1400. The van der Waals surface area contributed by atoms with Crippen LogP contribution in [0.2, 0.25) is 0 Å². The van der Waals surface area contributed by atoms with Gasteiger partial charge in [0.05, 0.1) is 25.1 Å². The van der Waals surface area contributed by atoms with Gasteiger partial charge in [0.2, 0.25) is 11.8 Å². The molecule has 0 bridgehead atoms. The van der Waals surface area contributed by atoms with Crippen molar-refractivity contribution in [2.45, 2.75) is 64.5 Å². The summed E-state index contributed by atoms with van der Waals surface area (Å²) in [4.78, 5) is 41.3. The van der Waals surface area contributed by atoms with Crippen molar-refractivity contribution < 1.29 is 24.1 Å². The number of amides is 2. The lowest BCUT2D eigenvalue weighted by atomic mass is 9.81. The number of nitrogens with zero attached hydrogens (tertiary/aromatic N) is 3. The molecular weight excluding hydrogens is 506 g/mol. The molecule has 0 atom stereocenters. The molecule has 1 saturated heterocycles. The zero-order valence-electron chi connectivity index (χ0n) is 23.6. The SMILES string of the molecule is COOCc1ccc2c(C3CCCCC3)c3n(c2c1)CC(=O)N(CC(=O)N1CCCOCC1)c1cc(C)ccc1-3. The highest BCUT2D eigenvalue weighted by molar-refractivity contribution is 6.07. The van der Waals surface area contributed by atoms with Gasteiger partial charge in [0.1, 0.15) is 19.7 Å². The minimum absolute atomic E-state index is 0.0315. The van der Waals surface area contributed by atoms with Crippen molar-refractivity contribution >= 4 is 28.4 Å². The van der Waals surface area contributed by atoms with E-state index in [1.165, 1.54) is 37.3 Å². The molecule has 212 valence electrons. The van der Waals surface area contributed by atoms with Crippen LogP contribution in [-0.2, 0) is 37.3 Å². The van der Waals surface area contributed by atoms with Gasteiger partial charge < -0.3 is 19.1 Å². The van der Waals surface area contributed by atoms with Gasteiger partial charge >= 0.3 is 0 Å². The summed E-state index contributed by atoms with van der Waals surface area (Å²) in [6.07, 6.45) is 6.82. The van der Waals surface area contributed by atoms with Gasteiger partial charge in [-0.15, -0.1) is 0 Å². The standard InChI is InChI=1S/C32H39N3O5/c1-22-9-11-26-27(17-22)34(19-29(36)33-13-6-15-39-16-14-33)30(37)20-35-28-18-23(21-40-38-2)10-12-25(28)31(32(26)35)24-7-4-3-5-8-24/h9-12,17-18,24H,3-8,13-16,19-21H2,1-2H3. The van der Waals surface area contributed by atoms with Gasteiger partial charge in [0.25, 0.3) is 0 Å². The maximum atomic E-state index is 14.1. The Morgan fingerprint density at radius 2 is 1.88 bits per heavy atom. The van der Waals surface area contributed by atoms with Crippen LogP contribution in [0.25, 0.3) is 22.2 Å². The van der Waals surface area contributed by atoms with Crippen LogP contribution in [-0.4, -0.2) is 61.2 Å². The molecule has 3 aromatic rings. The second-order valence-electron chi connectivity index (χ2n) is 11.3. The fraction of sp³-hybridized carbons (Fsp3) is 0.500. The lowest BCUT2D eigenvalue weighted by Crippen LogP contribution is -2.44. The second kappa shape index (κ2) is 11.7. The first kappa shape index (κ1) is 27.0. The number of rotatable bonds is 6. The molecule has 6 rings (SSSR count). The van der Waals surface area contributed by atoms with E-state index >= 15 is 0 Å². The fourth-order valence-corrected chi connectivity index (χ4v) is 6.72. The van der Waals surface area contributed by atoms with Gasteiger partial charge in [0.15, 0.2) is 0 Å². The Kier molecular flexibility index (Phi) is 7.91. The van der Waals surface area contributed by atoms with Crippen LogP contribution in [0, 0.1) is 6.92 Å². The van der Waals surface area contributed by atoms with Crippen LogP contribution in [0.3, 0.4) is 0 Å². The summed E-state index contributed by atoms with van der Waals surface area (Å²) in [6, 6.07) is 12.8. The van der Waals surface area contributed by atoms with E-state index in [9.17, 15) is 9.59 Å². The zero-order chi connectivity index (χ0) is 27.6. The normalized spacial score (nSPS) is 18.4.